The molecule has 1 saturated heterocycles. The molecule has 1 aromatic heterocycles. The number of hydrogen-bond acceptors (Lipinski definition) is 5. The summed E-state index contributed by atoms with van der Waals surface area (Å²) in [7, 11) is 0. The summed E-state index contributed by atoms with van der Waals surface area (Å²) in [5, 5.41) is 11.6. The number of halogens is 2. The third-order valence-corrected chi connectivity index (χ3v) is 6.70. The Labute approximate surface area is 211 Å². The molecule has 3 aromatic rings. The van der Waals surface area contributed by atoms with Gasteiger partial charge in [-0.2, -0.15) is 0 Å². The second kappa shape index (κ2) is 13.0. The largest absolute Gasteiger partial charge is 0.494 e. The summed E-state index contributed by atoms with van der Waals surface area (Å²) in [6, 6.07) is 14.6. The van der Waals surface area contributed by atoms with Gasteiger partial charge in [0.05, 0.1) is 27.9 Å². The number of hydrogen-bond donors (Lipinski definition) is 1. The van der Waals surface area contributed by atoms with Gasteiger partial charge in [-0.25, -0.2) is 0 Å². The van der Waals surface area contributed by atoms with Crippen molar-refractivity contribution in [3.05, 3.63) is 68.9 Å². The number of benzene rings is 2. The highest BCUT2D eigenvalue weighted by atomic mass is 35.5. The Morgan fingerprint density at radius 3 is 2.44 bits per heavy atom. The highest BCUT2D eigenvalue weighted by Crippen LogP contribution is 2.32. The van der Waals surface area contributed by atoms with Crippen LogP contribution in [0.3, 0.4) is 0 Å². The molecule has 4 rings (SSSR count). The van der Waals surface area contributed by atoms with Gasteiger partial charge >= 0.3 is 0 Å². The first-order valence-electron chi connectivity index (χ1n) is 11.9. The fourth-order valence-corrected chi connectivity index (χ4v) is 4.50. The monoisotopic (exact) mass is 505 g/mol. The maximum atomic E-state index is 11.9. The Kier molecular flexibility index (Phi) is 10.1. The van der Waals surface area contributed by atoms with Crippen molar-refractivity contribution in [2.75, 3.05) is 44.2 Å². The van der Waals surface area contributed by atoms with Crippen LogP contribution in [-0.2, 0) is 6.73 Å². The lowest BCUT2D eigenvalue weighted by Gasteiger charge is -2.36. The topological polar surface area (TPSA) is 57.9 Å². The molecular formula is C26H33Cl2N3O3. The SMILES string of the molecule is CC.O=c1ccc2ccc(OCCCCN3CCN(c4cccc(Cl)c4Cl)CC3)cc2n1CO. The number of pyridine rings is 1. The predicted octanol–water partition coefficient (Wildman–Crippen LogP) is 5.27. The predicted molar refractivity (Wildman–Crippen MR) is 142 cm³/mol. The molecule has 1 aliphatic rings. The third-order valence-electron chi connectivity index (χ3n) is 5.89. The van der Waals surface area contributed by atoms with E-state index in [-0.39, 0.29) is 12.3 Å². The first kappa shape index (κ1) is 26.4. The van der Waals surface area contributed by atoms with Crippen LogP contribution in [0.4, 0.5) is 5.69 Å². The summed E-state index contributed by atoms with van der Waals surface area (Å²) in [5.74, 6) is 0.706. The van der Waals surface area contributed by atoms with Crippen LogP contribution in [0, 0.1) is 0 Å². The van der Waals surface area contributed by atoms with Gasteiger partial charge in [0.2, 0.25) is 0 Å². The molecule has 1 N–H and O–H groups in total. The molecule has 0 bridgehead atoms. The maximum absolute atomic E-state index is 11.9. The van der Waals surface area contributed by atoms with Crippen molar-refractivity contribution in [3.63, 3.8) is 0 Å². The number of anilines is 1. The molecule has 1 fully saturated rings. The molecule has 8 heteroatoms. The van der Waals surface area contributed by atoms with Crippen LogP contribution in [0.25, 0.3) is 10.9 Å². The van der Waals surface area contributed by atoms with Crippen molar-refractivity contribution < 1.29 is 9.84 Å². The van der Waals surface area contributed by atoms with E-state index in [0.717, 1.165) is 56.6 Å². The van der Waals surface area contributed by atoms with E-state index in [0.29, 0.717) is 27.9 Å². The molecule has 0 aliphatic carbocycles. The highest BCUT2D eigenvalue weighted by molar-refractivity contribution is 6.43. The lowest BCUT2D eigenvalue weighted by Crippen LogP contribution is -2.46. The Morgan fingerprint density at radius 2 is 1.71 bits per heavy atom. The molecule has 0 spiro atoms. The van der Waals surface area contributed by atoms with Gasteiger partial charge in [0.1, 0.15) is 12.5 Å². The van der Waals surface area contributed by atoms with E-state index in [1.54, 1.807) is 6.07 Å². The number of fused-ring (bicyclic) bond motifs is 1. The zero-order valence-corrected chi connectivity index (χ0v) is 21.4. The lowest BCUT2D eigenvalue weighted by atomic mass is 10.2. The average molecular weight is 506 g/mol. The van der Waals surface area contributed by atoms with Gasteiger partial charge in [0.15, 0.2) is 0 Å². The highest BCUT2D eigenvalue weighted by Gasteiger charge is 2.19. The maximum Gasteiger partial charge on any atom is 0.252 e. The van der Waals surface area contributed by atoms with Crippen molar-refractivity contribution >= 4 is 39.8 Å². The van der Waals surface area contributed by atoms with Crippen molar-refractivity contribution in [3.8, 4) is 5.75 Å². The molecule has 0 saturated carbocycles. The van der Waals surface area contributed by atoms with Crippen LogP contribution >= 0.6 is 23.2 Å². The van der Waals surface area contributed by atoms with Crippen molar-refractivity contribution in [2.45, 2.75) is 33.4 Å². The summed E-state index contributed by atoms with van der Waals surface area (Å²) in [4.78, 5) is 16.7. The molecule has 34 heavy (non-hydrogen) atoms. The van der Waals surface area contributed by atoms with E-state index < -0.39 is 0 Å². The fourth-order valence-electron chi connectivity index (χ4n) is 4.08. The number of piperazine rings is 1. The number of rotatable bonds is 8. The zero-order chi connectivity index (χ0) is 24.5. The van der Waals surface area contributed by atoms with Gasteiger partial charge in [-0.3, -0.25) is 14.3 Å². The minimum Gasteiger partial charge on any atom is -0.494 e. The number of unbranched alkanes of at least 4 members (excludes halogenated alkanes) is 1. The van der Waals surface area contributed by atoms with Crippen molar-refractivity contribution in [2.24, 2.45) is 0 Å². The fraction of sp³-hybridized carbons (Fsp3) is 0.423. The van der Waals surface area contributed by atoms with E-state index in [4.69, 9.17) is 27.9 Å². The van der Waals surface area contributed by atoms with Gasteiger partial charge in [0.25, 0.3) is 5.56 Å². The first-order chi connectivity index (χ1) is 16.6. The molecule has 1 aliphatic heterocycles. The van der Waals surface area contributed by atoms with E-state index in [2.05, 4.69) is 9.80 Å². The first-order valence-corrected chi connectivity index (χ1v) is 12.6. The van der Waals surface area contributed by atoms with Gasteiger partial charge in [-0.15, -0.1) is 0 Å². The molecule has 6 nitrogen and oxygen atoms in total. The summed E-state index contributed by atoms with van der Waals surface area (Å²) in [6.45, 7) is 9.14. The summed E-state index contributed by atoms with van der Waals surface area (Å²) >= 11 is 12.5. The summed E-state index contributed by atoms with van der Waals surface area (Å²) in [5.41, 5.74) is 1.46. The number of nitrogens with zero attached hydrogens (tertiary/aromatic N) is 3. The minimum atomic E-state index is -0.351. The molecule has 0 radical (unpaired) electrons. The van der Waals surface area contributed by atoms with Crippen molar-refractivity contribution in [1.29, 1.82) is 0 Å². The van der Waals surface area contributed by atoms with Crippen molar-refractivity contribution in [1.82, 2.24) is 9.47 Å². The quantitative estimate of drug-likeness (QED) is 0.422. The Hall–Kier alpha value is -2.25. The second-order valence-corrected chi connectivity index (χ2v) is 8.70. The van der Waals surface area contributed by atoms with E-state index in [1.165, 1.54) is 10.6 Å². The van der Waals surface area contributed by atoms with Gasteiger partial charge in [0, 0.05) is 38.3 Å². The molecular weight excluding hydrogens is 473 g/mol. The average Bonchev–Trinajstić information content (AvgIpc) is 2.87. The lowest BCUT2D eigenvalue weighted by molar-refractivity contribution is 0.211. The summed E-state index contributed by atoms with van der Waals surface area (Å²) in [6.07, 6.45) is 1.99. The van der Waals surface area contributed by atoms with Crippen LogP contribution in [0.2, 0.25) is 10.0 Å². The van der Waals surface area contributed by atoms with Gasteiger partial charge < -0.3 is 14.7 Å². The number of ether oxygens (including phenoxy) is 1. The number of aliphatic hydroxyl groups is 1. The third kappa shape index (κ3) is 6.45. The molecule has 0 atom stereocenters. The Bertz CT molecular complexity index is 1130. The van der Waals surface area contributed by atoms with Crippen LogP contribution in [0.15, 0.2) is 53.3 Å². The van der Waals surface area contributed by atoms with Crippen LogP contribution < -0.4 is 15.2 Å². The van der Waals surface area contributed by atoms with E-state index in [9.17, 15) is 9.90 Å². The Balaban J connectivity index is 0.00000158. The zero-order valence-electron chi connectivity index (χ0n) is 19.8. The Morgan fingerprint density at radius 1 is 0.971 bits per heavy atom. The van der Waals surface area contributed by atoms with Crippen LogP contribution in [0.5, 0.6) is 5.75 Å². The molecule has 0 unspecified atom stereocenters. The standard InChI is InChI=1S/C24H27Cl2N3O3.C2H6/c25-20-4-3-5-21(24(20)26)28-13-11-27(12-14-28)10-1-2-15-32-19-8-6-18-7-9-23(31)29(17-30)22(18)16-19;1-2/h3-9,16,30H,1-2,10-15,17H2;1-2H3. The smallest absolute Gasteiger partial charge is 0.252 e. The van der Waals surface area contributed by atoms with Crippen LogP contribution in [0.1, 0.15) is 26.7 Å². The van der Waals surface area contributed by atoms with E-state index in [1.807, 2.05) is 50.2 Å². The van der Waals surface area contributed by atoms with Gasteiger partial charge in [-0.05, 0) is 55.1 Å². The minimum absolute atomic E-state index is 0.227. The summed E-state index contributed by atoms with van der Waals surface area (Å²) < 4.78 is 7.22. The number of aliphatic hydroxyl groups excluding tert-OH is 1. The molecule has 0 amide bonds. The van der Waals surface area contributed by atoms with Gasteiger partial charge in [-0.1, -0.05) is 43.1 Å². The second-order valence-electron chi connectivity index (χ2n) is 7.92. The molecule has 2 heterocycles. The molecule has 2 aromatic carbocycles. The van der Waals surface area contributed by atoms with Crippen LogP contribution in [-0.4, -0.2) is 53.9 Å². The molecule has 184 valence electrons. The normalized spacial score (nSPS) is 14.1. The van der Waals surface area contributed by atoms with E-state index >= 15 is 0 Å². The number of aromatic nitrogens is 1.